The summed E-state index contributed by atoms with van der Waals surface area (Å²) in [6.07, 6.45) is -0.780. The van der Waals surface area contributed by atoms with Gasteiger partial charge in [-0.1, -0.05) is 103 Å². The predicted molar refractivity (Wildman–Crippen MR) is 117 cm³/mol. The summed E-state index contributed by atoms with van der Waals surface area (Å²) in [5, 5.41) is 15.8. The zero-order valence-electron chi connectivity index (χ0n) is 16.0. The first-order valence-corrected chi connectivity index (χ1v) is 9.77. The summed E-state index contributed by atoms with van der Waals surface area (Å²) in [7, 11) is 0. The lowest BCUT2D eigenvalue weighted by Crippen LogP contribution is -2.33. The Morgan fingerprint density at radius 1 is 0.724 bits per heavy atom. The second-order valence-electron chi connectivity index (χ2n) is 7.08. The van der Waals surface area contributed by atoms with E-state index in [0.29, 0.717) is 0 Å². The molecule has 0 radical (unpaired) electrons. The van der Waals surface area contributed by atoms with E-state index in [1.165, 1.54) is 0 Å². The number of aliphatic hydroxyl groups is 1. The quantitative estimate of drug-likeness (QED) is 0.503. The van der Waals surface area contributed by atoms with Gasteiger partial charge in [-0.2, -0.15) is 0 Å². The normalized spacial score (nSPS) is 12.1. The zero-order chi connectivity index (χ0) is 20.1. The van der Waals surface area contributed by atoms with E-state index in [1.54, 1.807) is 0 Å². The van der Waals surface area contributed by atoms with Crippen molar-refractivity contribution >= 4 is 16.7 Å². The van der Waals surface area contributed by atoms with Crippen molar-refractivity contribution in [1.29, 1.82) is 0 Å². The lowest BCUT2D eigenvalue weighted by molar-refractivity contribution is -0.122. The average molecular weight is 381 g/mol. The highest BCUT2D eigenvalue weighted by molar-refractivity contribution is 5.88. The van der Waals surface area contributed by atoms with Gasteiger partial charge in [0.2, 0.25) is 5.91 Å². The minimum atomic E-state index is -0.780. The summed E-state index contributed by atoms with van der Waals surface area (Å²) in [6, 6.07) is 33.2. The van der Waals surface area contributed by atoms with Crippen LogP contribution < -0.4 is 5.32 Å². The number of hydrogen-bond acceptors (Lipinski definition) is 2. The van der Waals surface area contributed by atoms with Crippen molar-refractivity contribution in [1.82, 2.24) is 5.32 Å². The Morgan fingerprint density at radius 2 is 1.28 bits per heavy atom. The summed E-state index contributed by atoms with van der Waals surface area (Å²) >= 11 is 0. The summed E-state index contributed by atoms with van der Waals surface area (Å²) < 4.78 is 0. The number of nitrogens with one attached hydrogen (secondary N) is 1. The fraction of sp³-hybridized carbons (Fsp3) is 0.115. The predicted octanol–water partition coefficient (Wildman–Crippen LogP) is 4.82. The van der Waals surface area contributed by atoms with Gasteiger partial charge in [0.1, 0.15) is 0 Å². The SMILES string of the molecule is O=C(NCC(O)c1cccc2ccccc12)C(c1ccccc1)c1ccccc1. The number of rotatable bonds is 6. The summed E-state index contributed by atoms with van der Waals surface area (Å²) in [5.74, 6) is -0.543. The maximum Gasteiger partial charge on any atom is 0.232 e. The summed E-state index contributed by atoms with van der Waals surface area (Å²) in [4.78, 5) is 13.1. The van der Waals surface area contributed by atoms with Gasteiger partial charge in [0.05, 0.1) is 12.0 Å². The average Bonchev–Trinajstić information content (AvgIpc) is 2.79. The molecule has 4 aromatic carbocycles. The molecule has 1 atom stereocenters. The number of carbonyl (C=O) groups is 1. The molecule has 0 aromatic heterocycles. The second kappa shape index (κ2) is 8.72. The molecule has 0 heterocycles. The van der Waals surface area contributed by atoms with Crippen LogP contribution in [0.5, 0.6) is 0 Å². The molecule has 29 heavy (non-hydrogen) atoms. The van der Waals surface area contributed by atoms with Crippen LogP contribution in [0.2, 0.25) is 0 Å². The van der Waals surface area contributed by atoms with Crippen molar-refractivity contribution in [3.63, 3.8) is 0 Å². The maximum absolute atomic E-state index is 13.1. The van der Waals surface area contributed by atoms with Crippen molar-refractivity contribution in [2.75, 3.05) is 6.54 Å². The van der Waals surface area contributed by atoms with Gasteiger partial charge in [-0.25, -0.2) is 0 Å². The summed E-state index contributed by atoms with van der Waals surface area (Å²) in [6.45, 7) is 0.156. The molecule has 4 rings (SSSR count). The Bertz CT molecular complexity index is 1050. The Morgan fingerprint density at radius 3 is 1.93 bits per heavy atom. The molecule has 144 valence electrons. The molecule has 2 N–H and O–H groups in total. The van der Waals surface area contributed by atoms with E-state index in [0.717, 1.165) is 27.5 Å². The van der Waals surface area contributed by atoms with Crippen LogP contribution in [0.4, 0.5) is 0 Å². The molecule has 0 bridgehead atoms. The lowest BCUT2D eigenvalue weighted by Gasteiger charge is -2.20. The Kier molecular flexibility index (Phi) is 5.68. The molecule has 0 fully saturated rings. The number of benzene rings is 4. The third kappa shape index (κ3) is 4.20. The topological polar surface area (TPSA) is 49.3 Å². The second-order valence-corrected chi connectivity index (χ2v) is 7.08. The van der Waals surface area contributed by atoms with Gasteiger partial charge in [-0.05, 0) is 27.5 Å². The van der Waals surface area contributed by atoms with Gasteiger partial charge in [-0.3, -0.25) is 4.79 Å². The molecule has 3 heteroatoms. The zero-order valence-corrected chi connectivity index (χ0v) is 16.0. The third-order valence-corrected chi connectivity index (χ3v) is 5.18. The van der Waals surface area contributed by atoms with E-state index in [4.69, 9.17) is 0 Å². The minimum absolute atomic E-state index is 0.123. The smallest absolute Gasteiger partial charge is 0.232 e. The van der Waals surface area contributed by atoms with E-state index in [2.05, 4.69) is 5.32 Å². The molecule has 0 aliphatic rings. The maximum atomic E-state index is 13.1. The highest BCUT2D eigenvalue weighted by atomic mass is 16.3. The van der Waals surface area contributed by atoms with Crippen molar-refractivity contribution in [2.45, 2.75) is 12.0 Å². The highest BCUT2D eigenvalue weighted by Gasteiger charge is 2.23. The van der Waals surface area contributed by atoms with Gasteiger partial charge in [-0.15, -0.1) is 0 Å². The van der Waals surface area contributed by atoms with Crippen LogP contribution in [-0.4, -0.2) is 17.6 Å². The lowest BCUT2D eigenvalue weighted by atomic mass is 9.90. The van der Waals surface area contributed by atoms with Gasteiger partial charge in [0, 0.05) is 6.54 Å². The van der Waals surface area contributed by atoms with Gasteiger partial charge in [0.25, 0.3) is 0 Å². The van der Waals surface area contributed by atoms with Crippen LogP contribution >= 0.6 is 0 Å². The largest absolute Gasteiger partial charge is 0.387 e. The van der Waals surface area contributed by atoms with E-state index in [9.17, 15) is 9.90 Å². The monoisotopic (exact) mass is 381 g/mol. The van der Waals surface area contributed by atoms with Crippen molar-refractivity contribution in [3.8, 4) is 0 Å². The molecular weight excluding hydrogens is 358 g/mol. The molecule has 1 unspecified atom stereocenters. The van der Waals surface area contributed by atoms with Gasteiger partial charge >= 0.3 is 0 Å². The van der Waals surface area contributed by atoms with E-state index in [-0.39, 0.29) is 12.5 Å². The number of carbonyl (C=O) groups excluding carboxylic acids is 1. The fourth-order valence-corrected chi connectivity index (χ4v) is 3.74. The molecule has 0 saturated heterocycles. The van der Waals surface area contributed by atoms with E-state index in [1.807, 2.05) is 103 Å². The molecule has 0 aliphatic carbocycles. The molecule has 4 aromatic rings. The van der Waals surface area contributed by atoms with E-state index < -0.39 is 12.0 Å². The fourth-order valence-electron chi connectivity index (χ4n) is 3.74. The summed E-state index contributed by atoms with van der Waals surface area (Å²) in [5.41, 5.74) is 2.67. The third-order valence-electron chi connectivity index (χ3n) is 5.18. The number of amides is 1. The Balaban J connectivity index is 1.55. The van der Waals surface area contributed by atoms with Gasteiger partial charge < -0.3 is 10.4 Å². The molecule has 1 amide bonds. The van der Waals surface area contributed by atoms with Crippen LogP contribution in [0.15, 0.2) is 103 Å². The molecule has 0 aliphatic heterocycles. The Labute approximate surface area is 170 Å². The van der Waals surface area contributed by atoms with E-state index >= 15 is 0 Å². The minimum Gasteiger partial charge on any atom is -0.387 e. The highest BCUT2D eigenvalue weighted by Crippen LogP contribution is 2.26. The number of fused-ring (bicyclic) bond motifs is 1. The Hall–Kier alpha value is -3.43. The van der Waals surface area contributed by atoms with Crippen LogP contribution in [0.3, 0.4) is 0 Å². The molecule has 0 spiro atoms. The number of hydrogen-bond donors (Lipinski definition) is 2. The van der Waals surface area contributed by atoms with Crippen LogP contribution in [0.25, 0.3) is 10.8 Å². The van der Waals surface area contributed by atoms with Crippen LogP contribution in [0, 0.1) is 0 Å². The van der Waals surface area contributed by atoms with Crippen molar-refractivity contribution < 1.29 is 9.90 Å². The van der Waals surface area contributed by atoms with Crippen LogP contribution in [-0.2, 0) is 4.79 Å². The van der Waals surface area contributed by atoms with Crippen molar-refractivity contribution in [2.24, 2.45) is 0 Å². The first kappa shape index (κ1) is 18.9. The molecule has 0 saturated carbocycles. The molecule has 3 nitrogen and oxygen atoms in total. The first-order chi connectivity index (χ1) is 14.2. The first-order valence-electron chi connectivity index (χ1n) is 9.77. The van der Waals surface area contributed by atoms with Crippen molar-refractivity contribution in [3.05, 3.63) is 120 Å². The van der Waals surface area contributed by atoms with Gasteiger partial charge in [0.15, 0.2) is 0 Å². The van der Waals surface area contributed by atoms with Crippen LogP contribution in [0.1, 0.15) is 28.7 Å². The molecular formula is C26H23NO2. The standard InChI is InChI=1S/C26H23NO2/c28-24(23-17-9-15-19-10-7-8-16-22(19)23)18-27-26(29)25(20-11-3-1-4-12-20)21-13-5-2-6-14-21/h1-17,24-25,28H,18H2,(H,27,29). The number of aliphatic hydroxyl groups excluding tert-OH is 1.